The number of fused-ring (bicyclic) bond motifs is 1. The van der Waals surface area contributed by atoms with Gasteiger partial charge in [-0.05, 0) is 49.4 Å². The highest BCUT2D eigenvalue weighted by atomic mass is 79.9. The second kappa shape index (κ2) is 5.81. The number of nitrogens with zero attached hydrogens (tertiary/aromatic N) is 1. The lowest BCUT2D eigenvalue weighted by Crippen LogP contribution is -1.92. The van der Waals surface area contributed by atoms with Crippen LogP contribution in [-0.2, 0) is 0 Å². The smallest absolute Gasteiger partial charge is 0.188 e. The molecule has 20 heavy (non-hydrogen) atoms. The Labute approximate surface area is 129 Å². The van der Waals surface area contributed by atoms with Crippen molar-refractivity contribution in [3.8, 4) is 5.75 Å². The zero-order chi connectivity index (χ0) is 13.9. The summed E-state index contributed by atoms with van der Waals surface area (Å²) >= 11 is 5.10. The summed E-state index contributed by atoms with van der Waals surface area (Å²) in [6, 6.07) is 14.0. The summed E-state index contributed by atoms with van der Waals surface area (Å²) < 4.78 is 7.64. The topological polar surface area (TPSA) is 34.1 Å². The Hall–Kier alpha value is -1.59. The van der Waals surface area contributed by atoms with Gasteiger partial charge in [0.25, 0.3) is 0 Å². The summed E-state index contributed by atoms with van der Waals surface area (Å²) in [6.07, 6.45) is 0. The van der Waals surface area contributed by atoms with Crippen LogP contribution in [0, 0.1) is 0 Å². The molecule has 1 aromatic heterocycles. The molecule has 2 aromatic carbocycles. The number of nitrogens with one attached hydrogen (secondary N) is 1. The van der Waals surface area contributed by atoms with Crippen molar-refractivity contribution in [2.45, 2.75) is 6.92 Å². The average molecular weight is 349 g/mol. The Morgan fingerprint density at radius 3 is 2.75 bits per heavy atom. The number of halogens is 1. The molecule has 0 saturated carbocycles. The Bertz CT molecular complexity index is 724. The molecule has 3 aromatic rings. The number of thiazole rings is 1. The Balaban J connectivity index is 1.81. The van der Waals surface area contributed by atoms with Crippen LogP contribution in [-0.4, -0.2) is 11.6 Å². The molecule has 0 aliphatic heterocycles. The third-order valence-electron chi connectivity index (χ3n) is 2.77. The molecule has 0 saturated heterocycles. The second-order valence-corrected chi connectivity index (χ2v) is 6.16. The van der Waals surface area contributed by atoms with Crippen molar-refractivity contribution < 1.29 is 4.74 Å². The van der Waals surface area contributed by atoms with Crippen LogP contribution in [0.4, 0.5) is 10.8 Å². The van der Waals surface area contributed by atoms with E-state index in [9.17, 15) is 0 Å². The molecule has 5 heteroatoms. The summed E-state index contributed by atoms with van der Waals surface area (Å²) in [5, 5.41) is 4.21. The lowest BCUT2D eigenvalue weighted by atomic mass is 10.3. The second-order valence-electron chi connectivity index (χ2n) is 4.21. The lowest BCUT2D eigenvalue weighted by molar-refractivity contribution is 0.340. The maximum Gasteiger partial charge on any atom is 0.188 e. The molecule has 1 N–H and O–H groups in total. The first-order chi connectivity index (χ1) is 9.74. The minimum absolute atomic E-state index is 0.680. The third kappa shape index (κ3) is 2.94. The minimum Gasteiger partial charge on any atom is -0.494 e. The van der Waals surface area contributed by atoms with Gasteiger partial charge in [0.2, 0.25) is 0 Å². The SMILES string of the molecule is CCOc1ccc(Nc2nc3cc(Br)ccc3s2)cc1. The van der Waals surface area contributed by atoms with E-state index in [1.807, 2.05) is 43.3 Å². The molecular weight excluding hydrogens is 336 g/mol. The first-order valence-electron chi connectivity index (χ1n) is 6.30. The molecule has 3 nitrogen and oxygen atoms in total. The van der Waals surface area contributed by atoms with E-state index < -0.39 is 0 Å². The predicted octanol–water partition coefficient (Wildman–Crippen LogP) is 5.20. The first-order valence-corrected chi connectivity index (χ1v) is 7.91. The van der Waals surface area contributed by atoms with Crippen LogP contribution < -0.4 is 10.1 Å². The van der Waals surface area contributed by atoms with Crippen molar-refractivity contribution in [2.75, 3.05) is 11.9 Å². The van der Waals surface area contributed by atoms with Gasteiger partial charge < -0.3 is 10.1 Å². The van der Waals surface area contributed by atoms with Crippen molar-refractivity contribution in [2.24, 2.45) is 0 Å². The predicted molar refractivity (Wildman–Crippen MR) is 88.2 cm³/mol. The van der Waals surface area contributed by atoms with Gasteiger partial charge >= 0.3 is 0 Å². The van der Waals surface area contributed by atoms with Crippen LogP contribution in [0.3, 0.4) is 0 Å². The van der Waals surface area contributed by atoms with Crippen molar-refractivity contribution in [1.82, 2.24) is 4.98 Å². The van der Waals surface area contributed by atoms with Gasteiger partial charge in [-0.3, -0.25) is 0 Å². The molecule has 0 radical (unpaired) electrons. The molecule has 0 fully saturated rings. The fraction of sp³-hybridized carbons (Fsp3) is 0.133. The van der Waals surface area contributed by atoms with Gasteiger partial charge in [0, 0.05) is 10.2 Å². The number of anilines is 2. The average Bonchev–Trinajstić information content (AvgIpc) is 2.82. The fourth-order valence-electron chi connectivity index (χ4n) is 1.88. The number of rotatable bonds is 4. The molecule has 0 unspecified atom stereocenters. The van der Waals surface area contributed by atoms with Crippen LogP contribution in [0.25, 0.3) is 10.2 Å². The van der Waals surface area contributed by atoms with E-state index in [1.165, 1.54) is 4.70 Å². The van der Waals surface area contributed by atoms with Crippen LogP contribution >= 0.6 is 27.3 Å². The van der Waals surface area contributed by atoms with E-state index in [2.05, 4.69) is 32.3 Å². The van der Waals surface area contributed by atoms with Crippen molar-refractivity contribution >= 4 is 48.3 Å². The number of hydrogen-bond acceptors (Lipinski definition) is 4. The van der Waals surface area contributed by atoms with E-state index in [0.717, 1.165) is 26.6 Å². The van der Waals surface area contributed by atoms with Crippen molar-refractivity contribution in [3.05, 3.63) is 46.9 Å². The van der Waals surface area contributed by atoms with Gasteiger partial charge in [0.1, 0.15) is 5.75 Å². The van der Waals surface area contributed by atoms with Gasteiger partial charge in [-0.1, -0.05) is 27.3 Å². The molecule has 0 aliphatic rings. The molecular formula is C15H13BrN2OS. The lowest BCUT2D eigenvalue weighted by Gasteiger charge is -2.05. The van der Waals surface area contributed by atoms with E-state index in [1.54, 1.807) is 11.3 Å². The highest BCUT2D eigenvalue weighted by molar-refractivity contribution is 9.10. The summed E-state index contributed by atoms with van der Waals surface area (Å²) in [6.45, 7) is 2.66. The zero-order valence-electron chi connectivity index (χ0n) is 10.9. The molecule has 3 rings (SSSR count). The summed E-state index contributed by atoms with van der Waals surface area (Å²) in [7, 11) is 0. The molecule has 0 atom stereocenters. The largest absolute Gasteiger partial charge is 0.494 e. The number of ether oxygens (including phenoxy) is 1. The molecule has 102 valence electrons. The molecule has 0 aliphatic carbocycles. The first kappa shape index (κ1) is 13.4. The summed E-state index contributed by atoms with van der Waals surface area (Å²) in [4.78, 5) is 4.57. The number of benzene rings is 2. The van der Waals surface area contributed by atoms with Gasteiger partial charge in [0.05, 0.1) is 16.8 Å². The standard InChI is InChI=1S/C15H13BrN2OS/c1-2-19-12-6-4-11(5-7-12)17-15-18-13-9-10(16)3-8-14(13)20-15/h3-9H,2H2,1H3,(H,17,18). The molecule has 1 heterocycles. The molecule has 0 amide bonds. The fourth-order valence-corrected chi connectivity index (χ4v) is 3.09. The van der Waals surface area contributed by atoms with Gasteiger partial charge in [0.15, 0.2) is 5.13 Å². The van der Waals surface area contributed by atoms with Gasteiger partial charge in [-0.2, -0.15) is 0 Å². The van der Waals surface area contributed by atoms with Gasteiger partial charge in [-0.25, -0.2) is 4.98 Å². The normalized spacial score (nSPS) is 10.7. The Morgan fingerprint density at radius 1 is 1.20 bits per heavy atom. The maximum atomic E-state index is 5.43. The van der Waals surface area contributed by atoms with E-state index in [4.69, 9.17) is 4.74 Å². The summed E-state index contributed by atoms with van der Waals surface area (Å²) in [5.41, 5.74) is 2.00. The highest BCUT2D eigenvalue weighted by Crippen LogP contribution is 2.30. The van der Waals surface area contributed by atoms with E-state index >= 15 is 0 Å². The van der Waals surface area contributed by atoms with Crippen LogP contribution in [0.1, 0.15) is 6.92 Å². The Kier molecular flexibility index (Phi) is 3.89. The molecule has 0 spiro atoms. The van der Waals surface area contributed by atoms with E-state index in [-0.39, 0.29) is 0 Å². The monoisotopic (exact) mass is 348 g/mol. The summed E-state index contributed by atoms with van der Waals surface area (Å²) in [5.74, 6) is 0.881. The Morgan fingerprint density at radius 2 is 2.00 bits per heavy atom. The minimum atomic E-state index is 0.680. The third-order valence-corrected chi connectivity index (χ3v) is 4.21. The van der Waals surface area contributed by atoms with Crippen LogP contribution in [0.15, 0.2) is 46.9 Å². The number of aromatic nitrogens is 1. The van der Waals surface area contributed by atoms with Crippen LogP contribution in [0.5, 0.6) is 5.75 Å². The van der Waals surface area contributed by atoms with Crippen molar-refractivity contribution in [1.29, 1.82) is 0 Å². The number of hydrogen-bond donors (Lipinski definition) is 1. The quantitative estimate of drug-likeness (QED) is 0.703. The zero-order valence-corrected chi connectivity index (χ0v) is 13.3. The van der Waals surface area contributed by atoms with Gasteiger partial charge in [-0.15, -0.1) is 0 Å². The maximum absolute atomic E-state index is 5.43. The van der Waals surface area contributed by atoms with E-state index in [0.29, 0.717) is 6.61 Å². The highest BCUT2D eigenvalue weighted by Gasteiger charge is 2.04. The van der Waals surface area contributed by atoms with Crippen molar-refractivity contribution in [3.63, 3.8) is 0 Å². The molecule has 0 bridgehead atoms. The van der Waals surface area contributed by atoms with Crippen LogP contribution in [0.2, 0.25) is 0 Å².